The summed E-state index contributed by atoms with van der Waals surface area (Å²) in [5.41, 5.74) is 7.45. The highest BCUT2D eigenvalue weighted by Gasteiger charge is 2.11. The quantitative estimate of drug-likeness (QED) is 0.476. The van der Waals surface area contributed by atoms with Crippen molar-refractivity contribution in [1.82, 2.24) is 4.90 Å². The molecular weight excluding hydrogens is 385 g/mol. The van der Waals surface area contributed by atoms with Gasteiger partial charge in [0.05, 0.1) is 0 Å². The van der Waals surface area contributed by atoms with Crippen LogP contribution in [-0.2, 0) is 6.42 Å². The second-order valence-electron chi connectivity index (χ2n) is 5.68. The number of piperidine rings is 1. The monoisotopic (exact) mass is 409 g/mol. The number of nitrogens with two attached hydrogens (primary N) is 1. The molecule has 1 fully saturated rings. The number of likely N-dealkylation sites (tertiary alicyclic amines) is 1. The van der Waals surface area contributed by atoms with E-state index in [1.165, 1.54) is 35.6 Å². The summed E-state index contributed by atoms with van der Waals surface area (Å²) in [4.78, 5) is 6.79. The number of benzene rings is 2. The van der Waals surface area contributed by atoms with Crippen LogP contribution in [0.4, 0.5) is 0 Å². The standard InChI is InChI=1S/C18H23N3.HI/c19-18(21-13-4-1-5-14-21)20-12-11-16-9-6-8-15-7-2-3-10-17(15)16;/h2-3,6-10H,1,4-5,11-14H2,(H2,19,20);1H. The maximum atomic E-state index is 6.10. The Morgan fingerprint density at radius 3 is 2.55 bits per heavy atom. The van der Waals surface area contributed by atoms with Crippen LogP contribution in [0.5, 0.6) is 0 Å². The van der Waals surface area contributed by atoms with E-state index in [2.05, 4.69) is 52.4 Å². The lowest BCUT2D eigenvalue weighted by molar-refractivity contribution is 0.338. The molecule has 0 aromatic heterocycles. The first-order valence-electron chi connectivity index (χ1n) is 7.86. The third-order valence-electron chi connectivity index (χ3n) is 4.21. The number of rotatable bonds is 3. The molecule has 4 heteroatoms. The summed E-state index contributed by atoms with van der Waals surface area (Å²) in [5.74, 6) is 0.718. The van der Waals surface area contributed by atoms with Crippen molar-refractivity contribution >= 4 is 40.7 Å². The van der Waals surface area contributed by atoms with Crippen LogP contribution in [-0.4, -0.2) is 30.5 Å². The van der Waals surface area contributed by atoms with Crippen LogP contribution in [0.2, 0.25) is 0 Å². The fourth-order valence-electron chi connectivity index (χ4n) is 3.02. The van der Waals surface area contributed by atoms with Gasteiger partial charge in [0.2, 0.25) is 0 Å². The Morgan fingerprint density at radius 1 is 1.00 bits per heavy atom. The van der Waals surface area contributed by atoms with Crippen molar-refractivity contribution in [1.29, 1.82) is 0 Å². The molecule has 0 bridgehead atoms. The number of guanidine groups is 1. The molecule has 22 heavy (non-hydrogen) atoms. The average Bonchev–Trinajstić information content (AvgIpc) is 2.56. The van der Waals surface area contributed by atoms with Crippen molar-refractivity contribution in [2.75, 3.05) is 19.6 Å². The normalized spacial score (nSPS) is 15.6. The smallest absolute Gasteiger partial charge is 0.191 e. The van der Waals surface area contributed by atoms with Gasteiger partial charge in [-0.05, 0) is 42.0 Å². The maximum absolute atomic E-state index is 6.10. The lowest BCUT2D eigenvalue weighted by Crippen LogP contribution is -2.41. The molecule has 0 unspecified atom stereocenters. The van der Waals surface area contributed by atoms with E-state index in [0.717, 1.165) is 32.0 Å². The summed E-state index contributed by atoms with van der Waals surface area (Å²) < 4.78 is 0. The number of hydrogen-bond donors (Lipinski definition) is 1. The first-order valence-corrected chi connectivity index (χ1v) is 7.86. The number of fused-ring (bicyclic) bond motifs is 1. The maximum Gasteiger partial charge on any atom is 0.191 e. The molecule has 0 aliphatic carbocycles. The van der Waals surface area contributed by atoms with E-state index in [-0.39, 0.29) is 24.0 Å². The van der Waals surface area contributed by atoms with Crippen LogP contribution >= 0.6 is 24.0 Å². The minimum absolute atomic E-state index is 0. The highest BCUT2D eigenvalue weighted by Crippen LogP contribution is 2.18. The predicted octanol–water partition coefficient (Wildman–Crippen LogP) is 3.80. The fraction of sp³-hybridized carbons (Fsp3) is 0.389. The van der Waals surface area contributed by atoms with Gasteiger partial charge in [-0.1, -0.05) is 42.5 Å². The molecule has 0 amide bonds. The fourth-order valence-corrected chi connectivity index (χ4v) is 3.02. The van der Waals surface area contributed by atoms with E-state index in [1.807, 2.05) is 0 Å². The molecule has 0 radical (unpaired) electrons. The third-order valence-corrected chi connectivity index (χ3v) is 4.21. The van der Waals surface area contributed by atoms with E-state index in [1.54, 1.807) is 0 Å². The molecule has 0 spiro atoms. The molecule has 1 aliphatic heterocycles. The van der Waals surface area contributed by atoms with Crippen molar-refractivity contribution in [3.63, 3.8) is 0 Å². The second kappa shape index (κ2) is 8.36. The van der Waals surface area contributed by atoms with Gasteiger partial charge >= 0.3 is 0 Å². The molecule has 2 aromatic carbocycles. The van der Waals surface area contributed by atoms with Crippen LogP contribution in [0.3, 0.4) is 0 Å². The number of hydrogen-bond acceptors (Lipinski definition) is 1. The lowest BCUT2D eigenvalue weighted by Gasteiger charge is -2.27. The number of nitrogens with zero attached hydrogens (tertiary/aromatic N) is 2. The molecule has 2 N–H and O–H groups in total. The Morgan fingerprint density at radius 2 is 1.73 bits per heavy atom. The molecule has 3 rings (SSSR count). The van der Waals surface area contributed by atoms with Crippen LogP contribution < -0.4 is 5.73 Å². The minimum Gasteiger partial charge on any atom is -0.370 e. The largest absolute Gasteiger partial charge is 0.370 e. The van der Waals surface area contributed by atoms with Gasteiger partial charge < -0.3 is 10.6 Å². The number of halogens is 1. The molecule has 1 aliphatic rings. The van der Waals surface area contributed by atoms with E-state index < -0.39 is 0 Å². The van der Waals surface area contributed by atoms with Crippen LogP contribution in [0.15, 0.2) is 47.5 Å². The molecule has 1 heterocycles. The number of aliphatic imine (C=N–C) groups is 1. The predicted molar refractivity (Wildman–Crippen MR) is 105 cm³/mol. The molecule has 2 aromatic rings. The molecule has 1 saturated heterocycles. The van der Waals surface area contributed by atoms with Gasteiger partial charge in [-0.2, -0.15) is 0 Å². The third kappa shape index (κ3) is 4.12. The van der Waals surface area contributed by atoms with Crippen molar-refractivity contribution in [2.24, 2.45) is 10.7 Å². The van der Waals surface area contributed by atoms with Gasteiger partial charge in [-0.15, -0.1) is 24.0 Å². The van der Waals surface area contributed by atoms with Crippen molar-refractivity contribution in [2.45, 2.75) is 25.7 Å². The minimum atomic E-state index is 0. The van der Waals surface area contributed by atoms with Gasteiger partial charge in [0.25, 0.3) is 0 Å². The van der Waals surface area contributed by atoms with Crippen molar-refractivity contribution < 1.29 is 0 Å². The van der Waals surface area contributed by atoms with E-state index in [4.69, 9.17) is 5.73 Å². The van der Waals surface area contributed by atoms with E-state index >= 15 is 0 Å². The Kier molecular flexibility index (Phi) is 6.49. The molecule has 0 saturated carbocycles. The lowest BCUT2D eigenvalue weighted by atomic mass is 10.0. The van der Waals surface area contributed by atoms with E-state index in [0.29, 0.717) is 0 Å². The highest BCUT2D eigenvalue weighted by molar-refractivity contribution is 14.0. The topological polar surface area (TPSA) is 41.6 Å². The van der Waals surface area contributed by atoms with Gasteiger partial charge in [-0.25, -0.2) is 0 Å². The zero-order valence-electron chi connectivity index (χ0n) is 12.9. The first-order chi connectivity index (χ1) is 10.3. The summed E-state index contributed by atoms with van der Waals surface area (Å²) >= 11 is 0. The Balaban J connectivity index is 0.00000176. The van der Waals surface area contributed by atoms with Crippen LogP contribution in [0, 0.1) is 0 Å². The molecule has 0 atom stereocenters. The van der Waals surface area contributed by atoms with Crippen molar-refractivity contribution in [3.8, 4) is 0 Å². The Labute approximate surface area is 149 Å². The Hall–Kier alpha value is -1.30. The van der Waals surface area contributed by atoms with Gasteiger partial charge in [0.1, 0.15) is 0 Å². The zero-order chi connectivity index (χ0) is 14.5. The van der Waals surface area contributed by atoms with E-state index in [9.17, 15) is 0 Å². The highest BCUT2D eigenvalue weighted by atomic mass is 127. The van der Waals surface area contributed by atoms with Crippen LogP contribution in [0.25, 0.3) is 10.8 Å². The Bertz CT molecular complexity index is 628. The molecular formula is C18H24IN3. The summed E-state index contributed by atoms with van der Waals surface area (Å²) in [5, 5.41) is 2.62. The first kappa shape index (κ1) is 17.1. The molecule has 118 valence electrons. The average molecular weight is 409 g/mol. The summed E-state index contributed by atoms with van der Waals surface area (Å²) in [6.45, 7) is 2.88. The zero-order valence-corrected chi connectivity index (χ0v) is 15.2. The van der Waals surface area contributed by atoms with Crippen molar-refractivity contribution in [3.05, 3.63) is 48.0 Å². The summed E-state index contributed by atoms with van der Waals surface area (Å²) in [6.07, 6.45) is 4.73. The van der Waals surface area contributed by atoms with Gasteiger partial charge in [0, 0.05) is 19.6 Å². The summed E-state index contributed by atoms with van der Waals surface area (Å²) in [7, 11) is 0. The second-order valence-corrected chi connectivity index (χ2v) is 5.68. The summed E-state index contributed by atoms with van der Waals surface area (Å²) in [6, 6.07) is 15.0. The molecule has 3 nitrogen and oxygen atoms in total. The van der Waals surface area contributed by atoms with Gasteiger partial charge in [0.15, 0.2) is 5.96 Å². The SMILES string of the molecule is I.NC(=NCCc1cccc2ccccc12)N1CCCCC1. The van der Waals surface area contributed by atoms with Gasteiger partial charge in [-0.3, -0.25) is 4.99 Å². The van der Waals surface area contributed by atoms with Crippen LogP contribution in [0.1, 0.15) is 24.8 Å².